The van der Waals surface area contributed by atoms with Crippen LogP contribution in [0.4, 0.5) is 5.82 Å². The van der Waals surface area contributed by atoms with Gasteiger partial charge in [-0.05, 0) is 46.3 Å². The van der Waals surface area contributed by atoms with Crippen LogP contribution in [0.2, 0.25) is 5.02 Å². The van der Waals surface area contributed by atoms with Gasteiger partial charge in [-0.25, -0.2) is 9.67 Å². The van der Waals surface area contributed by atoms with Crippen molar-refractivity contribution in [1.29, 1.82) is 0 Å². The maximum atomic E-state index is 12.4. The van der Waals surface area contributed by atoms with Gasteiger partial charge in [-0.15, -0.1) is 0 Å². The molecule has 0 saturated heterocycles. The van der Waals surface area contributed by atoms with E-state index in [1.54, 1.807) is 36.5 Å². The number of ether oxygens (including phenoxy) is 1. The minimum Gasteiger partial charge on any atom is -0.470 e. The number of para-hydroxylation sites is 1. The van der Waals surface area contributed by atoms with Crippen molar-refractivity contribution in [2.45, 2.75) is 6.73 Å². The van der Waals surface area contributed by atoms with Gasteiger partial charge in [-0.2, -0.15) is 5.10 Å². The molecule has 0 unspecified atom stereocenters. The van der Waals surface area contributed by atoms with Gasteiger partial charge in [0.25, 0.3) is 5.91 Å². The fourth-order valence-electron chi connectivity index (χ4n) is 1.95. The first-order valence-electron chi connectivity index (χ1n) is 6.95. The van der Waals surface area contributed by atoms with Gasteiger partial charge in [0.1, 0.15) is 17.3 Å². The highest BCUT2D eigenvalue weighted by atomic mass is 79.9. The number of nitrogens with zero attached hydrogens (tertiary/aromatic N) is 3. The van der Waals surface area contributed by atoms with E-state index in [1.165, 1.54) is 10.9 Å². The van der Waals surface area contributed by atoms with Gasteiger partial charge in [-0.3, -0.25) is 4.79 Å². The van der Waals surface area contributed by atoms with Crippen LogP contribution in [0.3, 0.4) is 0 Å². The molecule has 1 amide bonds. The number of benzene rings is 1. The lowest BCUT2D eigenvalue weighted by molar-refractivity contribution is 0.100. The molecule has 0 spiro atoms. The van der Waals surface area contributed by atoms with Crippen LogP contribution in [0.15, 0.2) is 59.3 Å². The maximum Gasteiger partial charge on any atom is 0.275 e. The number of rotatable bonds is 5. The largest absolute Gasteiger partial charge is 0.470 e. The molecule has 6 nitrogen and oxygen atoms in total. The highest BCUT2D eigenvalue weighted by Gasteiger charge is 2.13. The van der Waals surface area contributed by atoms with E-state index in [0.717, 1.165) is 4.47 Å². The molecule has 0 aliphatic heterocycles. The number of nitrogens with one attached hydrogen (secondary N) is 1. The van der Waals surface area contributed by atoms with Crippen LogP contribution in [-0.4, -0.2) is 20.7 Å². The molecule has 0 radical (unpaired) electrons. The Labute approximate surface area is 151 Å². The van der Waals surface area contributed by atoms with E-state index >= 15 is 0 Å². The maximum absolute atomic E-state index is 12.4. The van der Waals surface area contributed by atoms with Crippen molar-refractivity contribution in [2.75, 3.05) is 5.32 Å². The van der Waals surface area contributed by atoms with Crippen LogP contribution in [-0.2, 0) is 6.73 Å². The molecular weight excluding hydrogens is 396 g/mol. The highest BCUT2D eigenvalue weighted by molar-refractivity contribution is 9.10. The number of carbonyl (C=O) groups is 1. The topological polar surface area (TPSA) is 69.0 Å². The van der Waals surface area contributed by atoms with Crippen molar-refractivity contribution in [1.82, 2.24) is 14.8 Å². The van der Waals surface area contributed by atoms with Crippen molar-refractivity contribution in [3.05, 3.63) is 70.0 Å². The third kappa shape index (κ3) is 3.93. The summed E-state index contributed by atoms with van der Waals surface area (Å²) in [5.74, 6) is 0.642. The van der Waals surface area contributed by atoms with Crippen LogP contribution >= 0.6 is 27.5 Å². The minimum absolute atomic E-state index is 0.0628. The molecule has 2 heterocycles. The second-order valence-corrected chi connectivity index (χ2v) is 6.06. The second kappa shape index (κ2) is 7.46. The summed E-state index contributed by atoms with van der Waals surface area (Å²) in [6.45, 7) is 0.0628. The lowest BCUT2D eigenvalue weighted by atomic mass is 10.3. The molecule has 0 bridgehead atoms. The normalized spacial score (nSPS) is 10.4. The summed E-state index contributed by atoms with van der Waals surface area (Å²) >= 11 is 9.33. The monoisotopic (exact) mass is 406 g/mol. The fraction of sp³-hybridized carbons (Fsp3) is 0.0625. The summed E-state index contributed by atoms with van der Waals surface area (Å²) in [6.07, 6.45) is 3.13. The van der Waals surface area contributed by atoms with Crippen LogP contribution in [0.1, 0.15) is 10.5 Å². The molecular formula is C16H12BrClN4O2. The fourth-order valence-corrected chi connectivity index (χ4v) is 2.38. The van der Waals surface area contributed by atoms with Crippen LogP contribution in [0.25, 0.3) is 0 Å². The third-order valence-electron chi connectivity index (χ3n) is 3.10. The lowest BCUT2D eigenvalue weighted by Gasteiger charge is -2.10. The zero-order valence-electron chi connectivity index (χ0n) is 12.3. The van der Waals surface area contributed by atoms with Gasteiger partial charge in [0, 0.05) is 16.9 Å². The molecule has 0 atom stereocenters. The highest BCUT2D eigenvalue weighted by Crippen LogP contribution is 2.23. The van der Waals surface area contributed by atoms with E-state index in [-0.39, 0.29) is 12.6 Å². The van der Waals surface area contributed by atoms with Gasteiger partial charge < -0.3 is 10.1 Å². The number of hydrogen-bond acceptors (Lipinski definition) is 4. The Morgan fingerprint density at radius 2 is 2.08 bits per heavy atom. The Bertz CT molecular complexity index is 851. The Hall–Kier alpha value is -2.38. The molecule has 122 valence electrons. The Balaban J connectivity index is 1.69. The van der Waals surface area contributed by atoms with E-state index in [2.05, 4.69) is 31.3 Å². The van der Waals surface area contributed by atoms with Crippen molar-refractivity contribution in [3.63, 3.8) is 0 Å². The zero-order chi connectivity index (χ0) is 16.9. The predicted octanol–water partition coefficient (Wildman–Crippen LogP) is 3.98. The third-order valence-corrected chi connectivity index (χ3v) is 3.88. The van der Waals surface area contributed by atoms with Crippen LogP contribution in [0, 0.1) is 0 Å². The number of anilines is 1. The minimum atomic E-state index is -0.329. The number of amides is 1. The first kappa shape index (κ1) is 16.5. The van der Waals surface area contributed by atoms with E-state index in [9.17, 15) is 4.79 Å². The Morgan fingerprint density at radius 1 is 1.25 bits per heavy atom. The summed E-state index contributed by atoms with van der Waals surface area (Å²) in [4.78, 5) is 16.5. The zero-order valence-corrected chi connectivity index (χ0v) is 14.7. The molecule has 1 N–H and O–H groups in total. The smallest absolute Gasteiger partial charge is 0.275 e. The molecule has 3 aromatic rings. The average molecular weight is 408 g/mol. The summed E-state index contributed by atoms with van der Waals surface area (Å²) in [5.41, 5.74) is 0.353. The molecule has 0 aliphatic carbocycles. The van der Waals surface area contributed by atoms with Gasteiger partial charge in [0.15, 0.2) is 6.73 Å². The van der Waals surface area contributed by atoms with Crippen molar-refractivity contribution >= 4 is 39.3 Å². The van der Waals surface area contributed by atoms with Gasteiger partial charge in [0.05, 0.1) is 5.02 Å². The van der Waals surface area contributed by atoms with Crippen molar-refractivity contribution in [2.24, 2.45) is 0 Å². The van der Waals surface area contributed by atoms with E-state index < -0.39 is 0 Å². The lowest BCUT2D eigenvalue weighted by Crippen LogP contribution is -2.20. The molecule has 0 saturated carbocycles. The molecule has 8 heteroatoms. The van der Waals surface area contributed by atoms with Crippen LogP contribution < -0.4 is 10.1 Å². The molecule has 1 aromatic carbocycles. The summed E-state index contributed by atoms with van der Waals surface area (Å²) in [6, 6.07) is 12.2. The summed E-state index contributed by atoms with van der Waals surface area (Å²) < 4.78 is 7.88. The first-order chi connectivity index (χ1) is 11.6. The average Bonchev–Trinajstić information content (AvgIpc) is 3.05. The first-order valence-corrected chi connectivity index (χ1v) is 8.12. The SMILES string of the molecule is O=C(Nc1ccc(Br)cn1)c1ccnn1COc1ccccc1Cl. The van der Waals surface area contributed by atoms with Crippen molar-refractivity contribution in [3.8, 4) is 5.75 Å². The standard InChI is InChI=1S/C16H12BrClN4O2/c17-11-5-6-15(19-9-11)21-16(23)13-7-8-20-22(13)10-24-14-4-2-1-3-12(14)18/h1-9H,10H2,(H,19,21,23). The van der Waals surface area contributed by atoms with E-state index in [4.69, 9.17) is 16.3 Å². The number of hydrogen-bond donors (Lipinski definition) is 1. The van der Waals surface area contributed by atoms with E-state index in [0.29, 0.717) is 22.3 Å². The van der Waals surface area contributed by atoms with Gasteiger partial charge in [0.2, 0.25) is 0 Å². The van der Waals surface area contributed by atoms with Gasteiger partial charge >= 0.3 is 0 Å². The predicted molar refractivity (Wildman–Crippen MR) is 94.2 cm³/mol. The second-order valence-electron chi connectivity index (χ2n) is 4.74. The van der Waals surface area contributed by atoms with Crippen molar-refractivity contribution < 1.29 is 9.53 Å². The van der Waals surface area contributed by atoms with Gasteiger partial charge in [-0.1, -0.05) is 23.7 Å². The number of carbonyl (C=O) groups excluding carboxylic acids is 1. The number of halogens is 2. The number of aromatic nitrogens is 3. The Kier molecular flexibility index (Phi) is 5.12. The quantitative estimate of drug-likeness (QED) is 0.694. The molecule has 24 heavy (non-hydrogen) atoms. The molecule has 2 aromatic heterocycles. The van der Waals surface area contributed by atoms with E-state index in [1.807, 2.05) is 12.1 Å². The molecule has 3 rings (SSSR count). The molecule has 0 fully saturated rings. The molecule has 0 aliphatic rings. The Morgan fingerprint density at radius 3 is 2.83 bits per heavy atom. The number of pyridine rings is 1. The summed E-state index contributed by atoms with van der Waals surface area (Å²) in [5, 5.41) is 7.30. The van der Waals surface area contributed by atoms with Crippen LogP contribution in [0.5, 0.6) is 5.75 Å². The summed E-state index contributed by atoms with van der Waals surface area (Å²) in [7, 11) is 0.